The third-order valence-electron chi connectivity index (χ3n) is 4.87. The summed E-state index contributed by atoms with van der Waals surface area (Å²) in [6, 6.07) is 7.56. The van der Waals surface area contributed by atoms with Crippen LogP contribution in [0.25, 0.3) is 0 Å². The molecule has 0 saturated carbocycles. The number of aliphatic hydroxyl groups is 1. The SMILES string of the molecule is OCC1(N2CCC[C@@H](Oc3cccc(Cl)c3)C2)CCOCC1. The van der Waals surface area contributed by atoms with E-state index in [2.05, 4.69) is 4.90 Å². The maximum absolute atomic E-state index is 9.95. The molecule has 2 aliphatic rings. The van der Waals surface area contributed by atoms with Gasteiger partial charge in [-0.05, 0) is 50.4 Å². The van der Waals surface area contributed by atoms with Crippen LogP contribution in [0.15, 0.2) is 24.3 Å². The van der Waals surface area contributed by atoms with Crippen molar-refractivity contribution in [2.24, 2.45) is 0 Å². The van der Waals surface area contributed by atoms with Crippen LogP contribution in [0.1, 0.15) is 25.7 Å². The topological polar surface area (TPSA) is 41.9 Å². The van der Waals surface area contributed by atoms with Crippen LogP contribution in [-0.2, 0) is 4.74 Å². The predicted octanol–water partition coefficient (Wildman–Crippen LogP) is 2.72. The second-order valence-electron chi connectivity index (χ2n) is 6.28. The van der Waals surface area contributed by atoms with Gasteiger partial charge in [0, 0.05) is 30.3 Å². The summed E-state index contributed by atoms with van der Waals surface area (Å²) in [5, 5.41) is 10.6. The van der Waals surface area contributed by atoms with Gasteiger partial charge in [0.2, 0.25) is 0 Å². The minimum atomic E-state index is -0.130. The lowest BCUT2D eigenvalue weighted by atomic mass is 9.86. The highest BCUT2D eigenvalue weighted by atomic mass is 35.5. The van der Waals surface area contributed by atoms with Gasteiger partial charge < -0.3 is 14.6 Å². The number of piperidine rings is 1. The Bertz CT molecular complexity index is 491. The Labute approximate surface area is 137 Å². The molecule has 0 radical (unpaired) electrons. The molecule has 0 spiro atoms. The summed E-state index contributed by atoms with van der Waals surface area (Å²) in [4.78, 5) is 2.41. The zero-order valence-electron chi connectivity index (χ0n) is 12.8. The van der Waals surface area contributed by atoms with Crippen molar-refractivity contribution in [3.63, 3.8) is 0 Å². The van der Waals surface area contributed by atoms with Gasteiger partial charge >= 0.3 is 0 Å². The molecule has 3 rings (SSSR count). The van der Waals surface area contributed by atoms with E-state index in [0.717, 1.165) is 57.7 Å². The molecule has 22 heavy (non-hydrogen) atoms. The molecule has 1 aromatic carbocycles. The molecule has 122 valence electrons. The highest BCUT2D eigenvalue weighted by Crippen LogP contribution is 2.31. The van der Waals surface area contributed by atoms with Crippen LogP contribution in [-0.4, -0.2) is 54.6 Å². The Balaban J connectivity index is 1.65. The Morgan fingerprint density at radius 2 is 2.18 bits per heavy atom. The summed E-state index contributed by atoms with van der Waals surface area (Å²) in [7, 11) is 0. The summed E-state index contributed by atoms with van der Waals surface area (Å²) in [5.74, 6) is 0.823. The molecule has 2 heterocycles. The third-order valence-corrected chi connectivity index (χ3v) is 5.10. The first-order chi connectivity index (χ1) is 10.7. The van der Waals surface area contributed by atoms with Crippen molar-refractivity contribution in [2.75, 3.05) is 32.9 Å². The summed E-state index contributed by atoms with van der Waals surface area (Å²) < 4.78 is 11.6. The predicted molar refractivity (Wildman–Crippen MR) is 86.5 cm³/mol. The zero-order chi connectivity index (χ0) is 15.4. The average molecular weight is 326 g/mol. The number of nitrogens with zero attached hydrogens (tertiary/aromatic N) is 1. The molecule has 5 heteroatoms. The van der Waals surface area contributed by atoms with Gasteiger partial charge in [-0.15, -0.1) is 0 Å². The maximum atomic E-state index is 9.95. The van der Waals surface area contributed by atoms with Crippen molar-refractivity contribution in [1.82, 2.24) is 4.90 Å². The Morgan fingerprint density at radius 3 is 2.91 bits per heavy atom. The number of halogens is 1. The fraction of sp³-hybridized carbons (Fsp3) is 0.647. The number of likely N-dealkylation sites (tertiary alicyclic amines) is 1. The van der Waals surface area contributed by atoms with Crippen LogP contribution < -0.4 is 4.74 Å². The molecule has 1 atom stereocenters. The minimum Gasteiger partial charge on any atom is -0.489 e. The van der Waals surface area contributed by atoms with Gasteiger partial charge in [-0.25, -0.2) is 0 Å². The summed E-state index contributed by atoms with van der Waals surface area (Å²) in [6.45, 7) is 3.54. The van der Waals surface area contributed by atoms with Gasteiger partial charge in [0.05, 0.1) is 6.61 Å². The van der Waals surface area contributed by atoms with Gasteiger partial charge in [0.15, 0.2) is 0 Å². The highest BCUT2D eigenvalue weighted by Gasteiger charge is 2.40. The van der Waals surface area contributed by atoms with Gasteiger partial charge in [-0.3, -0.25) is 4.90 Å². The smallest absolute Gasteiger partial charge is 0.121 e. The Kier molecular flexibility index (Phi) is 5.24. The lowest BCUT2D eigenvalue weighted by Gasteiger charge is -2.48. The lowest BCUT2D eigenvalue weighted by molar-refractivity contribution is -0.0786. The number of hydrogen-bond donors (Lipinski definition) is 1. The number of aliphatic hydroxyl groups excluding tert-OH is 1. The molecule has 1 aromatic rings. The first kappa shape index (κ1) is 16.1. The quantitative estimate of drug-likeness (QED) is 0.924. The van der Waals surface area contributed by atoms with Gasteiger partial charge in [-0.2, -0.15) is 0 Å². The van der Waals surface area contributed by atoms with E-state index in [4.69, 9.17) is 21.1 Å². The normalized spacial score (nSPS) is 25.8. The van der Waals surface area contributed by atoms with Crippen molar-refractivity contribution in [3.8, 4) is 5.75 Å². The zero-order valence-corrected chi connectivity index (χ0v) is 13.6. The van der Waals surface area contributed by atoms with Gasteiger partial charge in [0.1, 0.15) is 11.9 Å². The van der Waals surface area contributed by atoms with Crippen molar-refractivity contribution in [2.45, 2.75) is 37.3 Å². The summed E-state index contributed by atoms with van der Waals surface area (Å²) >= 11 is 6.02. The largest absolute Gasteiger partial charge is 0.489 e. The molecule has 4 nitrogen and oxygen atoms in total. The van der Waals surface area contributed by atoms with Crippen LogP contribution in [0.2, 0.25) is 5.02 Å². The maximum Gasteiger partial charge on any atom is 0.121 e. The van der Waals surface area contributed by atoms with Crippen LogP contribution in [0.4, 0.5) is 0 Å². The second kappa shape index (κ2) is 7.18. The van der Waals surface area contributed by atoms with Crippen molar-refractivity contribution in [1.29, 1.82) is 0 Å². The van der Waals surface area contributed by atoms with E-state index in [0.29, 0.717) is 5.02 Å². The average Bonchev–Trinajstić information content (AvgIpc) is 2.56. The molecule has 2 saturated heterocycles. The van der Waals surface area contributed by atoms with Crippen LogP contribution in [0, 0.1) is 0 Å². The number of hydrogen-bond acceptors (Lipinski definition) is 4. The first-order valence-electron chi connectivity index (χ1n) is 8.08. The Morgan fingerprint density at radius 1 is 1.36 bits per heavy atom. The van der Waals surface area contributed by atoms with E-state index in [1.165, 1.54) is 0 Å². The summed E-state index contributed by atoms with van der Waals surface area (Å²) in [5.41, 5.74) is -0.130. The number of benzene rings is 1. The van der Waals surface area contributed by atoms with Crippen LogP contribution in [0.3, 0.4) is 0 Å². The molecule has 0 aromatic heterocycles. The fourth-order valence-corrected chi connectivity index (χ4v) is 3.70. The molecular formula is C17H24ClNO3. The Hall–Kier alpha value is -0.810. The molecule has 0 amide bonds. The van der Waals surface area contributed by atoms with E-state index >= 15 is 0 Å². The van der Waals surface area contributed by atoms with E-state index in [1.54, 1.807) is 0 Å². The van der Waals surface area contributed by atoms with E-state index in [9.17, 15) is 5.11 Å². The fourth-order valence-electron chi connectivity index (χ4n) is 3.52. The second-order valence-corrected chi connectivity index (χ2v) is 6.72. The molecular weight excluding hydrogens is 302 g/mol. The number of ether oxygens (including phenoxy) is 2. The summed E-state index contributed by atoms with van der Waals surface area (Å²) in [6.07, 6.45) is 4.08. The van der Waals surface area contributed by atoms with Crippen molar-refractivity contribution in [3.05, 3.63) is 29.3 Å². The molecule has 1 N–H and O–H groups in total. The molecule has 0 unspecified atom stereocenters. The van der Waals surface area contributed by atoms with Gasteiger partial charge in [0.25, 0.3) is 0 Å². The molecule has 2 fully saturated rings. The minimum absolute atomic E-state index is 0.130. The van der Waals surface area contributed by atoms with Crippen LogP contribution in [0.5, 0.6) is 5.75 Å². The monoisotopic (exact) mass is 325 g/mol. The van der Waals surface area contributed by atoms with E-state index in [-0.39, 0.29) is 18.2 Å². The third kappa shape index (κ3) is 3.57. The van der Waals surface area contributed by atoms with E-state index in [1.807, 2.05) is 24.3 Å². The van der Waals surface area contributed by atoms with Crippen LogP contribution >= 0.6 is 11.6 Å². The number of rotatable bonds is 4. The lowest BCUT2D eigenvalue weighted by Crippen LogP contribution is -2.59. The molecule has 2 aliphatic heterocycles. The van der Waals surface area contributed by atoms with Gasteiger partial charge in [-0.1, -0.05) is 17.7 Å². The standard InChI is InChI=1S/C17H24ClNO3/c18-14-3-1-4-15(11-14)22-16-5-2-8-19(12-16)17(13-20)6-9-21-10-7-17/h1,3-4,11,16,20H,2,5-10,12-13H2/t16-/m1/s1. The molecule has 0 aliphatic carbocycles. The van der Waals surface area contributed by atoms with Crippen molar-refractivity contribution < 1.29 is 14.6 Å². The highest BCUT2D eigenvalue weighted by molar-refractivity contribution is 6.30. The first-order valence-corrected chi connectivity index (χ1v) is 8.45. The van der Waals surface area contributed by atoms with Crippen molar-refractivity contribution >= 4 is 11.6 Å². The van der Waals surface area contributed by atoms with E-state index < -0.39 is 0 Å². The molecule has 0 bridgehead atoms.